The van der Waals surface area contributed by atoms with Crippen LogP contribution in [0.2, 0.25) is 0 Å². The molecular formula is C137H98N6. The zero-order valence-electron chi connectivity index (χ0n) is 80.1. The van der Waals surface area contributed by atoms with Crippen molar-refractivity contribution in [2.75, 3.05) is 0 Å². The normalized spacial score (nSPS) is 11.7. The van der Waals surface area contributed by atoms with Crippen LogP contribution in [0, 0.1) is 34.6 Å². The topological polar surface area (TPSA) is 29.6 Å². The van der Waals surface area contributed by atoms with Crippen LogP contribution in [0.25, 0.3) is 243 Å². The molecule has 0 N–H and O–H groups in total. The van der Waals surface area contributed by atoms with Gasteiger partial charge >= 0.3 is 0 Å². The highest BCUT2D eigenvalue weighted by atomic mass is 15.0. The molecule has 22 aromatic carbocycles. The molecule has 0 aliphatic rings. The molecule has 143 heavy (non-hydrogen) atoms. The summed E-state index contributed by atoms with van der Waals surface area (Å²) in [4.78, 5) is 0. The van der Waals surface area contributed by atoms with Gasteiger partial charge in [-0.1, -0.05) is 339 Å². The van der Waals surface area contributed by atoms with Crippen LogP contribution in [-0.2, 0) is 0 Å². The van der Waals surface area contributed by atoms with Crippen molar-refractivity contribution in [3.05, 3.63) is 531 Å². The Bertz CT molecular complexity index is 9660. The highest BCUT2D eigenvalue weighted by Gasteiger charge is 2.24. The molecule has 0 bridgehead atoms. The average molecular weight is 1830 g/mol. The lowest BCUT2D eigenvalue weighted by Gasteiger charge is -2.15. The van der Waals surface area contributed by atoms with Gasteiger partial charge in [-0.05, 0) is 305 Å². The summed E-state index contributed by atoms with van der Waals surface area (Å²) in [5.74, 6) is 0. The molecule has 0 spiro atoms. The monoisotopic (exact) mass is 1830 g/mol. The van der Waals surface area contributed by atoms with E-state index in [1.807, 2.05) is 0 Å². The summed E-state index contributed by atoms with van der Waals surface area (Å²) in [5, 5.41) is 15.2. The van der Waals surface area contributed by atoms with Gasteiger partial charge in [-0.15, -0.1) is 0 Å². The van der Waals surface area contributed by atoms with Crippen LogP contribution in [0.1, 0.15) is 27.8 Å². The maximum absolute atomic E-state index is 2.46. The van der Waals surface area contributed by atoms with Crippen LogP contribution in [0.4, 0.5) is 0 Å². The molecule has 0 aliphatic carbocycles. The van der Waals surface area contributed by atoms with Crippen molar-refractivity contribution in [3.8, 4) is 112 Å². The summed E-state index contributed by atoms with van der Waals surface area (Å²) >= 11 is 0. The lowest BCUT2D eigenvalue weighted by atomic mass is 10.0. The Hall–Kier alpha value is -18.4. The molecule has 0 amide bonds. The molecule has 6 aromatic heterocycles. The lowest BCUT2D eigenvalue weighted by Crippen LogP contribution is -2.00. The van der Waals surface area contributed by atoms with Gasteiger partial charge in [-0.25, -0.2) is 0 Å². The molecule has 0 fully saturated rings. The standard InChI is InChI=1S/C48H32N2.C45H34N2.C44H32N2/c1-3-13-33(14-4-1)35-17-11-19-39(29-35)49-45-23-9-7-21-41(45)43-31-37(25-27-47(43)49)38-26-28-48-44(32-38)42-22-8-10-24-46(42)50(48)40-20-12-18-36(30-40)34-15-5-2-6-16-34;1-29-24-30(2)45(31(3)25-29)47-42-19-10-8-17-38(42)40-28-35(21-23-44(40)47)34-20-22-43-39(27-34)37-16-7-9-18-41(37)46(43)36-15-11-14-33(26-36)32-12-5-4-6-13-32;1-29-23-30(2)25-36(24-29)46-42-18-9-7-16-38(42)40-28-34(20-22-44(40)46)33-19-21-43-39(27-33)37-15-6-8-17-41(37)45(43)35-14-10-13-32(26-35)31-11-4-3-5-12-31/h1-32H;4-28H,1-3H3;3-28H,1-2H3. The van der Waals surface area contributed by atoms with Crippen LogP contribution in [0.15, 0.2) is 504 Å². The van der Waals surface area contributed by atoms with Gasteiger partial charge in [-0.3, -0.25) is 0 Å². The fraction of sp³-hybridized carbons (Fsp3) is 0.0365. The molecule has 0 atom stereocenters. The Morgan fingerprint density at radius 3 is 0.538 bits per heavy atom. The maximum Gasteiger partial charge on any atom is 0.0541 e. The molecular weight excluding hydrogens is 1730 g/mol. The largest absolute Gasteiger partial charge is 0.309 e. The first-order valence-electron chi connectivity index (χ1n) is 49.5. The first-order valence-corrected chi connectivity index (χ1v) is 49.5. The Kier molecular flexibility index (Phi) is 21.0. The molecule has 28 rings (SSSR count). The van der Waals surface area contributed by atoms with Crippen molar-refractivity contribution in [1.29, 1.82) is 0 Å². The predicted molar refractivity (Wildman–Crippen MR) is 607 cm³/mol. The van der Waals surface area contributed by atoms with Gasteiger partial charge in [0.1, 0.15) is 0 Å². The minimum Gasteiger partial charge on any atom is -0.309 e. The fourth-order valence-corrected chi connectivity index (χ4v) is 23.0. The van der Waals surface area contributed by atoms with E-state index in [0.29, 0.717) is 0 Å². The molecule has 6 heteroatoms. The van der Waals surface area contributed by atoms with Gasteiger partial charge in [-0.2, -0.15) is 0 Å². The minimum atomic E-state index is 1.16. The van der Waals surface area contributed by atoms with Gasteiger partial charge in [0.15, 0.2) is 0 Å². The molecule has 6 nitrogen and oxygen atoms in total. The number of nitrogens with zero attached hydrogens (tertiary/aromatic N) is 6. The third-order valence-corrected chi connectivity index (χ3v) is 29.2. The quantitative estimate of drug-likeness (QED) is 0.110. The van der Waals surface area contributed by atoms with Crippen LogP contribution >= 0.6 is 0 Å². The molecule has 676 valence electrons. The zero-order valence-corrected chi connectivity index (χ0v) is 80.1. The molecule has 0 unspecified atom stereocenters. The van der Waals surface area contributed by atoms with Crippen molar-refractivity contribution in [2.24, 2.45) is 0 Å². The Morgan fingerprint density at radius 2 is 0.294 bits per heavy atom. The molecule has 0 radical (unpaired) electrons. The molecule has 0 aliphatic heterocycles. The van der Waals surface area contributed by atoms with Gasteiger partial charge in [0.05, 0.1) is 71.9 Å². The second-order valence-corrected chi connectivity index (χ2v) is 38.3. The number of fused-ring (bicyclic) bond motifs is 18. The highest BCUT2D eigenvalue weighted by Crippen LogP contribution is 2.46. The van der Waals surface area contributed by atoms with Crippen molar-refractivity contribution in [1.82, 2.24) is 27.4 Å². The number of hydrogen-bond donors (Lipinski definition) is 0. The van der Waals surface area contributed by atoms with E-state index in [1.165, 1.54) is 259 Å². The second kappa shape index (κ2) is 35.3. The van der Waals surface area contributed by atoms with E-state index in [2.05, 4.69) is 566 Å². The SMILES string of the molecule is Cc1cc(C)c(-n2c3ccccc3c3cc(-c4ccc5c(c4)c4ccccc4n5-c4cccc(-c5ccccc5)c4)ccc32)c(C)c1.Cc1cc(C)cc(-n2c3ccccc3c3cc(-c4ccc5c(c4)c4ccccc4n5-c4cccc(-c5ccccc5)c4)ccc32)c1.c1ccc(-c2cccc(-n3c4ccccc4c4cc(-c5ccc6c(c5)c5ccccc5n6-c5cccc(-c6ccccc6)c5)ccc43)c2)cc1. The maximum atomic E-state index is 2.46. The third-order valence-electron chi connectivity index (χ3n) is 29.2. The summed E-state index contributed by atoms with van der Waals surface area (Å²) in [7, 11) is 0. The summed E-state index contributed by atoms with van der Waals surface area (Å²) in [6.07, 6.45) is 0. The van der Waals surface area contributed by atoms with E-state index >= 15 is 0 Å². The Morgan fingerprint density at radius 1 is 0.112 bits per heavy atom. The zero-order chi connectivity index (χ0) is 95.4. The smallest absolute Gasteiger partial charge is 0.0541 e. The Labute approximate surface area is 830 Å². The van der Waals surface area contributed by atoms with E-state index in [4.69, 9.17) is 0 Å². The van der Waals surface area contributed by atoms with Gasteiger partial charge < -0.3 is 27.4 Å². The van der Waals surface area contributed by atoms with E-state index in [0.717, 1.165) is 11.4 Å². The summed E-state index contributed by atoms with van der Waals surface area (Å²) in [5.41, 5.74) is 45.3. The van der Waals surface area contributed by atoms with Crippen LogP contribution in [0.5, 0.6) is 0 Å². The van der Waals surface area contributed by atoms with Gasteiger partial charge in [0, 0.05) is 93.1 Å². The summed E-state index contributed by atoms with van der Waals surface area (Å²) in [6.45, 7) is 11.0. The van der Waals surface area contributed by atoms with Crippen molar-refractivity contribution in [2.45, 2.75) is 34.6 Å². The molecule has 0 saturated carbocycles. The number of aryl methyl sites for hydroxylation is 5. The van der Waals surface area contributed by atoms with Crippen LogP contribution < -0.4 is 0 Å². The molecule has 0 saturated heterocycles. The number of aromatic nitrogens is 6. The first-order chi connectivity index (χ1) is 70.5. The number of para-hydroxylation sites is 6. The van der Waals surface area contributed by atoms with Crippen LogP contribution in [-0.4, -0.2) is 27.4 Å². The summed E-state index contributed by atoms with van der Waals surface area (Å²) in [6, 6.07) is 184. The first kappa shape index (κ1) is 85.1. The van der Waals surface area contributed by atoms with E-state index < -0.39 is 0 Å². The summed E-state index contributed by atoms with van der Waals surface area (Å²) < 4.78 is 14.5. The average Bonchev–Trinajstić information content (AvgIpc) is 1.58. The van der Waals surface area contributed by atoms with E-state index in [1.54, 1.807) is 0 Å². The van der Waals surface area contributed by atoms with E-state index in [9.17, 15) is 0 Å². The van der Waals surface area contributed by atoms with Crippen molar-refractivity contribution >= 4 is 131 Å². The number of hydrogen-bond acceptors (Lipinski definition) is 0. The van der Waals surface area contributed by atoms with Crippen molar-refractivity contribution in [3.63, 3.8) is 0 Å². The molecule has 28 aromatic rings. The highest BCUT2D eigenvalue weighted by molar-refractivity contribution is 6.17. The predicted octanol–water partition coefficient (Wildman–Crippen LogP) is 36.9. The fourth-order valence-electron chi connectivity index (χ4n) is 23.0. The number of rotatable bonds is 13. The lowest BCUT2D eigenvalue weighted by molar-refractivity contribution is 1.11. The molecule has 6 heterocycles. The third kappa shape index (κ3) is 15.0. The van der Waals surface area contributed by atoms with Crippen LogP contribution in [0.3, 0.4) is 0 Å². The number of benzene rings is 22. The van der Waals surface area contributed by atoms with Gasteiger partial charge in [0.25, 0.3) is 0 Å². The second-order valence-electron chi connectivity index (χ2n) is 38.3. The van der Waals surface area contributed by atoms with Gasteiger partial charge in [0.2, 0.25) is 0 Å². The van der Waals surface area contributed by atoms with Crippen molar-refractivity contribution < 1.29 is 0 Å². The minimum absolute atomic E-state index is 1.16. The van der Waals surface area contributed by atoms with E-state index in [-0.39, 0.29) is 0 Å². The Balaban J connectivity index is 0.000000110.